The molecule has 0 saturated carbocycles. The van der Waals surface area contributed by atoms with Crippen molar-refractivity contribution in [2.45, 2.75) is 0 Å². The van der Waals surface area contributed by atoms with E-state index in [2.05, 4.69) is 5.90 Å². The van der Waals surface area contributed by atoms with E-state index in [0.717, 1.165) is 0 Å². The lowest BCUT2D eigenvalue weighted by atomic mass is 13.6. The second-order valence-corrected chi connectivity index (χ2v) is 1.34. The van der Waals surface area contributed by atoms with Crippen molar-refractivity contribution in [3.8, 4) is 0 Å². The molecule has 0 aliphatic carbocycles. The standard InChI is InChI=1S/H3NO.H3N.H2O4S/c1-2;;1-5(2,3)4/h2H,1H2;1H3;(H2,1,2,3,4). The van der Waals surface area contributed by atoms with E-state index in [0.29, 0.717) is 0 Å². The first-order chi connectivity index (χ1) is 3.00. The van der Waals surface area contributed by atoms with Gasteiger partial charge in [0, 0.05) is 0 Å². The van der Waals surface area contributed by atoms with Crippen molar-refractivity contribution in [2.75, 3.05) is 0 Å². The molecule has 0 aliphatic heterocycles. The smallest absolute Gasteiger partial charge is 0.344 e. The van der Waals surface area contributed by atoms with Crippen molar-refractivity contribution < 1.29 is 22.7 Å². The van der Waals surface area contributed by atoms with E-state index < -0.39 is 10.4 Å². The van der Waals surface area contributed by atoms with Crippen LogP contribution in [0.4, 0.5) is 0 Å². The summed E-state index contributed by atoms with van der Waals surface area (Å²) < 4.78 is 31.6. The third-order valence-electron chi connectivity index (χ3n) is 0. The lowest BCUT2D eigenvalue weighted by Crippen LogP contribution is -1.89. The molecule has 0 rings (SSSR count). The third-order valence-corrected chi connectivity index (χ3v) is 0. The Balaban J connectivity index is -0.0000000750. The van der Waals surface area contributed by atoms with Crippen molar-refractivity contribution in [1.82, 2.24) is 6.15 Å². The van der Waals surface area contributed by atoms with Crippen LogP contribution >= 0.6 is 0 Å². The first-order valence-corrected chi connectivity index (χ1v) is 2.35. The first kappa shape index (κ1) is 15.7. The fraction of sp³-hybridized carbons (Fsp3) is 0. The van der Waals surface area contributed by atoms with Crippen LogP contribution in [0.15, 0.2) is 0 Å². The average Bonchev–Trinajstić information content (AvgIpc) is 1.36. The minimum atomic E-state index is -4.67. The Morgan fingerprint density at radius 3 is 1.12 bits per heavy atom. The molecule has 8 heavy (non-hydrogen) atoms. The lowest BCUT2D eigenvalue weighted by molar-refractivity contribution is 0.311. The van der Waals surface area contributed by atoms with Gasteiger partial charge in [-0.3, -0.25) is 9.11 Å². The fourth-order valence-electron chi connectivity index (χ4n) is 0. The molecule has 0 saturated heterocycles. The van der Waals surface area contributed by atoms with E-state index in [4.69, 9.17) is 22.7 Å². The number of nitrogens with two attached hydrogens (primary N) is 1. The summed E-state index contributed by atoms with van der Waals surface area (Å²) >= 11 is 0. The molecule has 0 amide bonds. The van der Waals surface area contributed by atoms with Crippen LogP contribution in [-0.4, -0.2) is 22.7 Å². The van der Waals surface area contributed by atoms with Gasteiger partial charge in [0.25, 0.3) is 0 Å². The van der Waals surface area contributed by atoms with Gasteiger partial charge in [0.05, 0.1) is 0 Å². The summed E-state index contributed by atoms with van der Waals surface area (Å²) in [6.45, 7) is 0. The summed E-state index contributed by atoms with van der Waals surface area (Å²) in [7, 11) is -4.67. The van der Waals surface area contributed by atoms with Gasteiger partial charge in [-0.15, -0.1) is 0 Å². The summed E-state index contributed by atoms with van der Waals surface area (Å²) in [6.07, 6.45) is 0. The van der Waals surface area contributed by atoms with Crippen molar-refractivity contribution >= 4 is 10.4 Å². The average molecular weight is 148 g/mol. The zero-order chi connectivity index (χ0) is 6.50. The molecule has 0 heterocycles. The minimum Gasteiger partial charge on any atom is -0.344 e. The van der Waals surface area contributed by atoms with Crippen LogP contribution < -0.4 is 12.0 Å². The maximum absolute atomic E-state index is 8.74. The SMILES string of the molecule is N.NO.O=S(=O)(O)O. The zero-order valence-electron chi connectivity index (χ0n) is 3.85. The van der Waals surface area contributed by atoms with Crippen LogP contribution in [-0.2, 0) is 10.4 Å². The maximum Gasteiger partial charge on any atom is 0.394 e. The van der Waals surface area contributed by atoms with Gasteiger partial charge in [0.2, 0.25) is 0 Å². The van der Waals surface area contributed by atoms with Crippen molar-refractivity contribution in [3.05, 3.63) is 0 Å². The lowest BCUT2D eigenvalue weighted by Gasteiger charge is -1.68. The Bertz CT molecular complexity index is 93.6. The summed E-state index contributed by atoms with van der Waals surface area (Å²) in [6, 6.07) is 0. The summed E-state index contributed by atoms with van der Waals surface area (Å²) in [4.78, 5) is 0. The van der Waals surface area contributed by atoms with Gasteiger partial charge in [-0.25, -0.2) is 5.90 Å². The summed E-state index contributed by atoms with van der Waals surface area (Å²) in [5, 5.41) is 6.50. The summed E-state index contributed by atoms with van der Waals surface area (Å²) in [5.41, 5.74) is 0. The Hall–Kier alpha value is -0.250. The van der Waals surface area contributed by atoms with Gasteiger partial charge < -0.3 is 11.4 Å². The van der Waals surface area contributed by atoms with Gasteiger partial charge in [-0.05, 0) is 0 Å². The summed E-state index contributed by atoms with van der Waals surface area (Å²) in [5.74, 6) is 3.50. The van der Waals surface area contributed by atoms with Crippen LogP contribution in [0.3, 0.4) is 0 Å². The topological polar surface area (TPSA) is 156 Å². The molecular formula is H8N2O5S. The van der Waals surface area contributed by atoms with E-state index in [1.807, 2.05) is 0 Å². The monoisotopic (exact) mass is 148 g/mol. The Labute approximate surface area is 46.2 Å². The molecule has 0 radical (unpaired) electrons. The van der Waals surface area contributed by atoms with Crippen LogP contribution in [0.2, 0.25) is 0 Å². The minimum absolute atomic E-state index is 0. The molecule has 0 aliphatic rings. The highest BCUT2D eigenvalue weighted by atomic mass is 32.3. The normalized spacial score (nSPS) is 8.00. The molecular weight excluding hydrogens is 140 g/mol. The molecule has 8 heteroatoms. The Morgan fingerprint density at radius 2 is 1.12 bits per heavy atom. The molecule has 7 nitrogen and oxygen atoms in total. The van der Waals surface area contributed by atoms with Gasteiger partial charge in [-0.1, -0.05) is 0 Å². The van der Waals surface area contributed by atoms with Gasteiger partial charge >= 0.3 is 10.4 Å². The van der Waals surface area contributed by atoms with Crippen LogP contribution in [0.25, 0.3) is 0 Å². The highest BCUT2D eigenvalue weighted by molar-refractivity contribution is 7.79. The maximum atomic E-state index is 8.74. The largest absolute Gasteiger partial charge is 0.394 e. The highest BCUT2D eigenvalue weighted by Gasteiger charge is 1.84. The molecule has 0 aromatic carbocycles. The van der Waals surface area contributed by atoms with E-state index in [-0.39, 0.29) is 6.15 Å². The zero-order valence-corrected chi connectivity index (χ0v) is 4.67. The van der Waals surface area contributed by atoms with E-state index in [9.17, 15) is 0 Å². The predicted octanol–water partition coefficient (Wildman–Crippen LogP) is -1.16. The second kappa shape index (κ2) is 6.75. The second-order valence-electron chi connectivity index (χ2n) is 0.448. The molecule has 54 valence electrons. The molecule has 0 aromatic rings. The molecule has 0 bridgehead atoms. The van der Waals surface area contributed by atoms with Crippen LogP contribution in [0, 0.1) is 0 Å². The highest BCUT2D eigenvalue weighted by Crippen LogP contribution is 1.59. The number of rotatable bonds is 0. The number of hydrogen-bond donors (Lipinski definition) is 5. The van der Waals surface area contributed by atoms with Gasteiger partial charge in [0.15, 0.2) is 0 Å². The predicted molar refractivity (Wildman–Crippen MR) is 25.2 cm³/mol. The molecule has 8 N–H and O–H groups in total. The van der Waals surface area contributed by atoms with Crippen molar-refractivity contribution in [3.63, 3.8) is 0 Å². The molecule has 0 aromatic heterocycles. The first-order valence-electron chi connectivity index (χ1n) is 0.957. The number of hydrogen-bond acceptors (Lipinski definition) is 5. The van der Waals surface area contributed by atoms with Gasteiger partial charge in [0.1, 0.15) is 0 Å². The quantitative estimate of drug-likeness (QED) is 0.214. The molecule has 0 unspecified atom stereocenters. The fourth-order valence-corrected chi connectivity index (χ4v) is 0. The Kier molecular flexibility index (Phi) is 13.2. The van der Waals surface area contributed by atoms with Crippen molar-refractivity contribution in [2.24, 2.45) is 5.90 Å². The van der Waals surface area contributed by atoms with Gasteiger partial charge in [-0.2, -0.15) is 8.42 Å². The molecule has 0 atom stereocenters. The van der Waals surface area contributed by atoms with Crippen molar-refractivity contribution in [1.29, 1.82) is 0 Å². The third kappa shape index (κ3) is 2080. The van der Waals surface area contributed by atoms with E-state index in [1.54, 1.807) is 0 Å². The molecule has 0 spiro atoms. The van der Waals surface area contributed by atoms with E-state index in [1.165, 1.54) is 0 Å². The van der Waals surface area contributed by atoms with E-state index >= 15 is 0 Å². The van der Waals surface area contributed by atoms with Crippen LogP contribution in [0.5, 0.6) is 0 Å². The Morgan fingerprint density at radius 1 is 1.12 bits per heavy atom. The molecule has 0 fully saturated rings. The van der Waals surface area contributed by atoms with Crippen LogP contribution in [0.1, 0.15) is 0 Å².